The van der Waals surface area contributed by atoms with Crippen LogP contribution in [-0.2, 0) is 13.0 Å². The van der Waals surface area contributed by atoms with Crippen molar-refractivity contribution in [2.24, 2.45) is 5.92 Å². The van der Waals surface area contributed by atoms with E-state index < -0.39 is 0 Å². The molecule has 3 heterocycles. The first-order valence-corrected chi connectivity index (χ1v) is 14.9. The lowest BCUT2D eigenvalue weighted by Crippen LogP contribution is -2.36. The Balaban J connectivity index is 1.41. The Morgan fingerprint density at radius 2 is 2.00 bits per heavy atom. The highest BCUT2D eigenvalue weighted by Crippen LogP contribution is 2.30. The average Bonchev–Trinajstić information content (AvgIpc) is 3.36. The molecule has 0 atom stereocenters. The van der Waals surface area contributed by atoms with Gasteiger partial charge >= 0.3 is 0 Å². The van der Waals surface area contributed by atoms with Crippen molar-refractivity contribution in [3.05, 3.63) is 120 Å². The van der Waals surface area contributed by atoms with Gasteiger partial charge in [-0.05, 0) is 109 Å². The number of pyridine rings is 1. The molecular weight excluding hydrogens is 535 g/mol. The SMILES string of the molecule is C=C/C(=C\C(=C/C)c1ccc(N)c(Cc2nc3c(-c4cc(F)cc(CN5CCC5)c4)cncc3[nH]2)c1)NC(=C)CC(C)C. The predicted molar refractivity (Wildman–Crippen MR) is 176 cm³/mol. The monoisotopic (exact) mass is 576 g/mol. The van der Waals surface area contributed by atoms with Gasteiger partial charge < -0.3 is 16.0 Å². The molecule has 4 aromatic rings. The number of fused-ring (bicyclic) bond motifs is 1. The quantitative estimate of drug-likeness (QED) is 0.119. The fraction of sp³-hybridized carbons (Fsp3) is 0.278. The lowest BCUT2D eigenvalue weighted by atomic mass is 9.99. The van der Waals surface area contributed by atoms with Crippen molar-refractivity contribution in [3.63, 3.8) is 0 Å². The van der Waals surface area contributed by atoms with Crippen LogP contribution in [0.25, 0.3) is 27.7 Å². The number of halogens is 1. The molecule has 0 aliphatic carbocycles. The molecule has 6 nitrogen and oxygen atoms in total. The number of benzene rings is 2. The zero-order chi connectivity index (χ0) is 30.5. The maximum Gasteiger partial charge on any atom is 0.124 e. The summed E-state index contributed by atoms with van der Waals surface area (Å²) in [5.74, 6) is 1.03. The summed E-state index contributed by atoms with van der Waals surface area (Å²) < 4.78 is 14.7. The van der Waals surface area contributed by atoms with Gasteiger partial charge in [0.2, 0.25) is 0 Å². The van der Waals surface area contributed by atoms with Crippen LogP contribution in [0.1, 0.15) is 56.1 Å². The van der Waals surface area contributed by atoms with Gasteiger partial charge in [0.05, 0.1) is 17.2 Å². The lowest BCUT2D eigenvalue weighted by Gasteiger charge is -2.30. The highest BCUT2D eigenvalue weighted by Gasteiger charge is 2.17. The molecule has 0 saturated carbocycles. The van der Waals surface area contributed by atoms with Gasteiger partial charge in [0.25, 0.3) is 0 Å². The molecule has 2 aromatic carbocycles. The standard InChI is InChI=1S/C36H41FN6/c1-6-26(18-31(7-2)40-24(5)13-23(3)4)27-9-10-33(38)29(16-27)19-35-41-34-21-39-20-32(36(34)42-35)28-14-25(15-30(37)17-28)22-43-11-8-12-43/h6-7,9-10,14-18,20-21,23,40H,2,5,8,11-13,19,22,38H2,1,3-4H3,(H,41,42)/b26-6+,31-18+. The third-order valence-corrected chi connectivity index (χ3v) is 7.72. The van der Waals surface area contributed by atoms with Gasteiger partial charge in [-0.1, -0.05) is 39.1 Å². The summed E-state index contributed by atoms with van der Waals surface area (Å²) in [6.07, 6.45) is 12.1. The number of aromatic nitrogens is 3. The highest BCUT2D eigenvalue weighted by atomic mass is 19.1. The summed E-state index contributed by atoms with van der Waals surface area (Å²) in [5.41, 5.74) is 16.1. The molecule has 1 fully saturated rings. The highest BCUT2D eigenvalue weighted by molar-refractivity contribution is 5.91. The molecule has 1 saturated heterocycles. The Labute approximate surface area is 253 Å². The van der Waals surface area contributed by atoms with Crippen LogP contribution in [0.3, 0.4) is 0 Å². The minimum absolute atomic E-state index is 0.252. The van der Waals surface area contributed by atoms with Crippen molar-refractivity contribution in [3.8, 4) is 11.1 Å². The number of nitrogens with two attached hydrogens (primary N) is 1. The van der Waals surface area contributed by atoms with Crippen LogP contribution in [0.15, 0.2) is 91.6 Å². The third kappa shape index (κ3) is 7.30. The first-order valence-electron chi connectivity index (χ1n) is 14.9. The van der Waals surface area contributed by atoms with E-state index in [1.54, 1.807) is 30.6 Å². The molecule has 5 rings (SSSR count). The first-order chi connectivity index (χ1) is 20.7. The summed E-state index contributed by atoms with van der Waals surface area (Å²) >= 11 is 0. The van der Waals surface area contributed by atoms with Crippen LogP contribution in [-0.4, -0.2) is 32.9 Å². The second kappa shape index (κ2) is 13.2. The van der Waals surface area contributed by atoms with Crippen molar-refractivity contribution < 1.29 is 4.39 Å². The molecule has 0 radical (unpaired) electrons. The van der Waals surface area contributed by atoms with E-state index >= 15 is 0 Å². The Hall–Kier alpha value is -4.49. The summed E-state index contributed by atoms with van der Waals surface area (Å²) in [6, 6.07) is 11.3. The Morgan fingerprint density at radius 3 is 2.70 bits per heavy atom. The minimum Gasteiger partial charge on any atom is -0.398 e. The average molecular weight is 577 g/mol. The van der Waals surface area contributed by atoms with Crippen LogP contribution in [0.2, 0.25) is 0 Å². The van der Waals surface area contributed by atoms with E-state index in [1.165, 1.54) is 6.42 Å². The molecule has 1 aliphatic rings. The van der Waals surface area contributed by atoms with Gasteiger partial charge in [-0.25, -0.2) is 9.37 Å². The van der Waals surface area contributed by atoms with Gasteiger partial charge in [0, 0.05) is 41.8 Å². The van der Waals surface area contributed by atoms with E-state index in [9.17, 15) is 4.39 Å². The van der Waals surface area contributed by atoms with Gasteiger partial charge in [0.1, 0.15) is 11.6 Å². The summed E-state index contributed by atoms with van der Waals surface area (Å²) in [4.78, 5) is 15.1. The zero-order valence-electron chi connectivity index (χ0n) is 25.4. The molecule has 4 N–H and O–H groups in total. The van der Waals surface area contributed by atoms with Crippen LogP contribution < -0.4 is 11.1 Å². The molecule has 43 heavy (non-hydrogen) atoms. The van der Waals surface area contributed by atoms with E-state index in [1.807, 2.05) is 25.1 Å². The van der Waals surface area contributed by atoms with Crippen LogP contribution >= 0.6 is 0 Å². The van der Waals surface area contributed by atoms with Crippen molar-refractivity contribution in [1.82, 2.24) is 25.2 Å². The van der Waals surface area contributed by atoms with Crippen LogP contribution in [0, 0.1) is 11.7 Å². The van der Waals surface area contributed by atoms with Crippen molar-refractivity contribution in [2.75, 3.05) is 18.8 Å². The lowest BCUT2D eigenvalue weighted by molar-refractivity contribution is 0.172. The van der Waals surface area contributed by atoms with Crippen molar-refractivity contribution in [2.45, 2.75) is 46.6 Å². The Bertz CT molecular complexity index is 1710. The maximum absolute atomic E-state index is 14.7. The van der Waals surface area contributed by atoms with Gasteiger partial charge in [-0.3, -0.25) is 9.88 Å². The fourth-order valence-corrected chi connectivity index (χ4v) is 5.49. The molecule has 2 aromatic heterocycles. The summed E-state index contributed by atoms with van der Waals surface area (Å²) in [5, 5.41) is 3.39. The number of hydrogen-bond donors (Lipinski definition) is 3. The van der Waals surface area contributed by atoms with Crippen molar-refractivity contribution >= 4 is 22.3 Å². The zero-order valence-corrected chi connectivity index (χ0v) is 25.4. The van der Waals surface area contributed by atoms with Crippen molar-refractivity contribution in [1.29, 1.82) is 0 Å². The summed E-state index contributed by atoms with van der Waals surface area (Å²) in [6.45, 7) is 17.4. The number of H-pyrrole nitrogens is 1. The van der Waals surface area contributed by atoms with E-state index in [4.69, 9.17) is 10.7 Å². The molecule has 0 bridgehead atoms. The molecule has 0 unspecified atom stereocenters. The molecular formula is C36H41FN6. The topological polar surface area (TPSA) is 82.9 Å². The van der Waals surface area contributed by atoms with Crippen LogP contribution in [0.4, 0.5) is 10.1 Å². The number of nitrogens with one attached hydrogen (secondary N) is 2. The molecule has 0 spiro atoms. The number of hydrogen-bond acceptors (Lipinski definition) is 5. The Kier molecular flexibility index (Phi) is 9.22. The second-order valence-corrected chi connectivity index (χ2v) is 11.7. The fourth-order valence-electron chi connectivity index (χ4n) is 5.49. The summed E-state index contributed by atoms with van der Waals surface area (Å²) in [7, 11) is 0. The predicted octanol–water partition coefficient (Wildman–Crippen LogP) is 7.77. The van der Waals surface area contributed by atoms with Gasteiger partial charge in [0.15, 0.2) is 0 Å². The van der Waals surface area contributed by atoms with E-state index in [0.717, 1.165) is 87.7 Å². The van der Waals surface area contributed by atoms with E-state index in [-0.39, 0.29) is 5.82 Å². The number of nitrogens with zero attached hydrogens (tertiary/aromatic N) is 3. The third-order valence-electron chi connectivity index (χ3n) is 7.72. The van der Waals surface area contributed by atoms with Crippen LogP contribution in [0.5, 0.6) is 0 Å². The molecule has 1 aliphatic heterocycles. The number of aromatic amines is 1. The van der Waals surface area contributed by atoms with E-state index in [0.29, 0.717) is 18.0 Å². The number of likely N-dealkylation sites (tertiary alicyclic amines) is 1. The van der Waals surface area contributed by atoms with Gasteiger partial charge in [-0.2, -0.15) is 0 Å². The largest absolute Gasteiger partial charge is 0.398 e. The minimum atomic E-state index is -0.252. The molecule has 7 heteroatoms. The maximum atomic E-state index is 14.7. The number of nitrogen functional groups attached to an aromatic ring is 1. The molecule has 222 valence electrons. The van der Waals surface area contributed by atoms with Gasteiger partial charge in [-0.15, -0.1) is 0 Å². The number of imidazole rings is 1. The number of allylic oxidation sites excluding steroid dienone is 5. The molecule has 0 amide bonds. The van der Waals surface area contributed by atoms with E-state index in [2.05, 4.69) is 65.4 Å². The normalized spacial score (nSPS) is 14.3. The number of rotatable bonds is 12. The smallest absolute Gasteiger partial charge is 0.124 e. The first kappa shape index (κ1) is 30.0. The number of anilines is 1. The second-order valence-electron chi connectivity index (χ2n) is 11.7. The Morgan fingerprint density at radius 1 is 1.19 bits per heavy atom.